The van der Waals surface area contributed by atoms with Crippen molar-refractivity contribution in [3.63, 3.8) is 0 Å². The van der Waals surface area contributed by atoms with Crippen molar-refractivity contribution in [3.8, 4) is 11.5 Å². The molecule has 1 aliphatic rings. The molecular formula is C41H47NO7. The minimum absolute atomic E-state index is 0.0248. The van der Waals surface area contributed by atoms with Crippen LogP contribution in [0.1, 0.15) is 67.2 Å². The summed E-state index contributed by atoms with van der Waals surface area (Å²) >= 11 is 0. The average Bonchev–Trinajstić information content (AvgIpc) is 3.56. The first-order valence-electron chi connectivity index (χ1n) is 17.1. The number of ketones is 1. The molecular weight excluding hydrogens is 618 g/mol. The molecule has 0 aromatic heterocycles. The van der Waals surface area contributed by atoms with Crippen LogP contribution in [0.5, 0.6) is 11.5 Å². The van der Waals surface area contributed by atoms with Gasteiger partial charge in [0.2, 0.25) is 0 Å². The highest BCUT2D eigenvalue weighted by Crippen LogP contribution is 2.42. The molecule has 2 atom stereocenters. The Labute approximate surface area is 289 Å². The number of methoxy groups -OCH3 is 2. The maximum atomic E-state index is 13.1. The Morgan fingerprint density at radius 3 is 1.84 bits per heavy atom. The lowest BCUT2D eigenvalue weighted by molar-refractivity contribution is -0.123. The zero-order valence-corrected chi connectivity index (χ0v) is 28.5. The molecule has 4 aromatic carbocycles. The SMILES string of the molecule is COc1ccc(C(OCCCCCCCC(=O)[C@@H]2C[C@@H](O)CN2C(=O)OCc2ccccc2)(c2ccccc2)c2ccc(OC)cc2)cc1. The Hall–Kier alpha value is -4.66. The van der Waals surface area contributed by atoms with Crippen molar-refractivity contribution in [1.29, 1.82) is 0 Å². The van der Waals surface area contributed by atoms with Crippen LogP contribution in [-0.2, 0) is 26.5 Å². The van der Waals surface area contributed by atoms with Crippen molar-refractivity contribution in [2.45, 2.75) is 69.3 Å². The standard InChI is InChI=1S/C41H47NO7/c1-46-36-23-19-33(20-24-36)41(32-16-10-7-11-17-32,34-21-25-37(47-2)26-22-34)49-27-13-5-3-4-12-18-39(44)38-28-35(43)29-42(38)40(45)48-30-31-14-8-6-9-15-31/h6-11,14-17,19-26,35,38,43H,3-5,12-13,18,27-30H2,1-2H3/t35-,38+/m1/s1. The van der Waals surface area contributed by atoms with E-state index in [4.69, 9.17) is 18.9 Å². The lowest BCUT2D eigenvalue weighted by atomic mass is 9.80. The number of benzene rings is 4. The highest BCUT2D eigenvalue weighted by Gasteiger charge is 2.40. The minimum atomic E-state index is -0.841. The van der Waals surface area contributed by atoms with Gasteiger partial charge in [0.25, 0.3) is 0 Å². The summed E-state index contributed by atoms with van der Waals surface area (Å²) < 4.78 is 23.3. The number of amides is 1. The normalized spacial score (nSPS) is 15.9. The van der Waals surface area contributed by atoms with Gasteiger partial charge in [-0.3, -0.25) is 9.69 Å². The van der Waals surface area contributed by atoms with Crippen LogP contribution in [0.25, 0.3) is 0 Å². The second kappa shape index (κ2) is 17.7. The lowest BCUT2D eigenvalue weighted by Gasteiger charge is -2.36. The number of unbranched alkanes of at least 4 members (excludes halogenated alkanes) is 4. The summed E-state index contributed by atoms with van der Waals surface area (Å²) in [5, 5.41) is 10.2. The fourth-order valence-corrected chi connectivity index (χ4v) is 6.52. The topological polar surface area (TPSA) is 94.5 Å². The zero-order valence-electron chi connectivity index (χ0n) is 28.5. The number of β-amino-alcohol motifs (C(OH)–C–C–N with tert-alkyl or cyclic N) is 1. The monoisotopic (exact) mass is 665 g/mol. The van der Waals surface area contributed by atoms with Crippen LogP contribution in [0.2, 0.25) is 0 Å². The summed E-state index contributed by atoms with van der Waals surface area (Å²) in [5.41, 5.74) is 3.05. The van der Waals surface area contributed by atoms with Gasteiger partial charge in [-0.05, 0) is 59.4 Å². The van der Waals surface area contributed by atoms with Crippen molar-refractivity contribution in [2.75, 3.05) is 27.4 Å². The van der Waals surface area contributed by atoms with E-state index >= 15 is 0 Å². The van der Waals surface area contributed by atoms with E-state index in [0.717, 1.165) is 65.9 Å². The molecule has 8 nitrogen and oxygen atoms in total. The van der Waals surface area contributed by atoms with E-state index in [1.807, 2.05) is 72.8 Å². The van der Waals surface area contributed by atoms with Crippen LogP contribution >= 0.6 is 0 Å². The van der Waals surface area contributed by atoms with E-state index in [-0.39, 0.29) is 25.4 Å². The largest absolute Gasteiger partial charge is 0.497 e. The number of ether oxygens (including phenoxy) is 4. The van der Waals surface area contributed by atoms with Crippen molar-refractivity contribution in [1.82, 2.24) is 4.90 Å². The van der Waals surface area contributed by atoms with Crippen LogP contribution in [0, 0.1) is 0 Å². The van der Waals surface area contributed by atoms with Gasteiger partial charge in [-0.1, -0.05) is 104 Å². The number of carbonyl (C=O) groups excluding carboxylic acids is 2. The zero-order chi connectivity index (χ0) is 34.5. The number of carbonyl (C=O) groups is 2. The Morgan fingerprint density at radius 2 is 1.24 bits per heavy atom. The molecule has 1 fully saturated rings. The van der Waals surface area contributed by atoms with Crippen molar-refractivity contribution >= 4 is 11.9 Å². The first kappa shape index (κ1) is 35.6. The number of hydrogen-bond donors (Lipinski definition) is 1. The second-order valence-corrected chi connectivity index (χ2v) is 12.4. The van der Waals surface area contributed by atoms with E-state index in [2.05, 4.69) is 36.4 Å². The third-order valence-electron chi connectivity index (χ3n) is 9.15. The molecule has 258 valence electrons. The summed E-state index contributed by atoms with van der Waals surface area (Å²) in [6, 6.07) is 35.1. The number of aliphatic hydroxyl groups excluding tert-OH is 1. The molecule has 0 saturated carbocycles. The van der Waals surface area contributed by atoms with Crippen LogP contribution in [0.3, 0.4) is 0 Å². The van der Waals surface area contributed by atoms with E-state index < -0.39 is 23.8 Å². The predicted molar refractivity (Wildman–Crippen MR) is 189 cm³/mol. The number of aliphatic hydroxyl groups is 1. The van der Waals surface area contributed by atoms with Gasteiger partial charge in [-0.15, -0.1) is 0 Å². The molecule has 4 aromatic rings. The molecule has 0 radical (unpaired) electrons. The van der Waals surface area contributed by atoms with Crippen LogP contribution in [-0.4, -0.2) is 61.4 Å². The molecule has 8 heteroatoms. The molecule has 0 bridgehead atoms. The van der Waals surface area contributed by atoms with Crippen molar-refractivity contribution in [2.24, 2.45) is 0 Å². The summed E-state index contributed by atoms with van der Waals surface area (Å²) in [7, 11) is 3.32. The smallest absolute Gasteiger partial charge is 0.410 e. The number of rotatable bonds is 17. The maximum absolute atomic E-state index is 13.1. The van der Waals surface area contributed by atoms with Crippen LogP contribution in [0.15, 0.2) is 109 Å². The predicted octanol–water partition coefficient (Wildman–Crippen LogP) is 7.69. The first-order chi connectivity index (χ1) is 23.9. The number of nitrogens with zero attached hydrogens (tertiary/aromatic N) is 1. The molecule has 1 aliphatic heterocycles. The van der Waals surface area contributed by atoms with Gasteiger partial charge >= 0.3 is 6.09 Å². The third kappa shape index (κ3) is 9.08. The third-order valence-corrected chi connectivity index (χ3v) is 9.15. The highest BCUT2D eigenvalue weighted by molar-refractivity contribution is 5.88. The molecule has 0 spiro atoms. The van der Waals surface area contributed by atoms with E-state index in [0.29, 0.717) is 13.0 Å². The fraction of sp³-hybridized carbons (Fsp3) is 0.366. The Morgan fingerprint density at radius 1 is 0.714 bits per heavy atom. The summed E-state index contributed by atoms with van der Waals surface area (Å²) in [5.74, 6) is 1.53. The quantitative estimate of drug-likeness (QED) is 0.0913. The van der Waals surface area contributed by atoms with Gasteiger partial charge in [0.1, 0.15) is 23.7 Å². The molecule has 49 heavy (non-hydrogen) atoms. The minimum Gasteiger partial charge on any atom is -0.497 e. The summed E-state index contributed by atoms with van der Waals surface area (Å²) in [6.45, 7) is 0.775. The molecule has 0 unspecified atom stereocenters. The molecule has 1 heterocycles. The molecule has 5 rings (SSSR count). The Kier molecular flexibility index (Phi) is 12.8. The lowest BCUT2D eigenvalue weighted by Crippen LogP contribution is -2.40. The second-order valence-electron chi connectivity index (χ2n) is 12.4. The van der Waals surface area contributed by atoms with Gasteiger partial charge in [-0.25, -0.2) is 4.79 Å². The number of hydrogen-bond acceptors (Lipinski definition) is 7. The molecule has 1 N–H and O–H groups in total. The van der Waals surface area contributed by atoms with E-state index in [9.17, 15) is 14.7 Å². The van der Waals surface area contributed by atoms with Crippen molar-refractivity contribution in [3.05, 3.63) is 131 Å². The maximum Gasteiger partial charge on any atom is 0.410 e. The van der Waals surface area contributed by atoms with Gasteiger partial charge in [0.05, 0.1) is 32.9 Å². The van der Waals surface area contributed by atoms with E-state index in [1.165, 1.54) is 4.90 Å². The van der Waals surface area contributed by atoms with Crippen LogP contribution < -0.4 is 9.47 Å². The summed E-state index contributed by atoms with van der Waals surface area (Å²) in [4.78, 5) is 27.3. The fourth-order valence-electron chi connectivity index (χ4n) is 6.52. The first-order valence-corrected chi connectivity index (χ1v) is 17.1. The van der Waals surface area contributed by atoms with E-state index in [1.54, 1.807) is 14.2 Å². The Balaban J connectivity index is 1.14. The molecule has 1 saturated heterocycles. The van der Waals surface area contributed by atoms with Crippen LogP contribution in [0.4, 0.5) is 4.79 Å². The summed E-state index contributed by atoms with van der Waals surface area (Å²) in [6.07, 6.45) is 3.70. The number of likely N-dealkylation sites (tertiary alicyclic amines) is 1. The number of Topliss-reactive ketones (excluding diaryl/α,β-unsaturated/α-hetero) is 1. The van der Waals surface area contributed by atoms with Gasteiger partial charge in [0, 0.05) is 19.4 Å². The highest BCUT2D eigenvalue weighted by atomic mass is 16.6. The molecule has 0 aliphatic carbocycles. The van der Waals surface area contributed by atoms with Gasteiger partial charge in [-0.2, -0.15) is 0 Å². The van der Waals surface area contributed by atoms with Crippen molar-refractivity contribution < 1.29 is 33.6 Å². The van der Waals surface area contributed by atoms with Gasteiger partial charge < -0.3 is 24.1 Å². The average molecular weight is 666 g/mol. The van der Waals surface area contributed by atoms with Gasteiger partial charge in [0.15, 0.2) is 5.78 Å². The molecule has 1 amide bonds. The Bertz CT molecular complexity index is 1550.